The summed E-state index contributed by atoms with van der Waals surface area (Å²) in [5, 5.41) is 2.51. The van der Waals surface area contributed by atoms with Crippen LogP contribution >= 0.6 is 34.8 Å². The Morgan fingerprint density at radius 1 is 0.881 bits per heavy atom. The van der Waals surface area contributed by atoms with E-state index in [0.717, 1.165) is 17.0 Å². The number of nitrogens with one attached hydrogen (secondary N) is 1. The average molecular weight is 665 g/mol. The van der Waals surface area contributed by atoms with Gasteiger partial charge in [-0.2, -0.15) is 13.2 Å². The fourth-order valence-corrected chi connectivity index (χ4v) is 5.93. The molecule has 2 amide bonds. The summed E-state index contributed by atoms with van der Waals surface area (Å²) in [6, 6.07) is 12.7. The molecule has 0 aliphatic carbocycles. The minimum Gasteiger partial charge on any atom is -0.352 e. The topological polar surface area (TPSA) is 86.8 Å². The van der Waals surface area contributed by atoms with Crippen LogP contribution in [-0.2, 0) is 32.3 Å². The number of hydrogen-bond acceptors (Lipinski definition) is 4. The summed E-state index contributed by atoms with van der Waals surface area (Å²) in [4.78, 5) is 27.7. The normalized spacial score (nSPS) is 12.6. The van der Waals surface area contributed by atoms with E-state index in [1.807, 2.05) is 0 Å². The molecule has 0 saturated carbocycles. The molecule has 3 rings (SSSR count). The second-order valence-electron chi connectivity index (χ2n) is 9.60. The number of hydrogen-bond donors (Lipinski definition) is 1. The van der Waals surface area contributed by atoms with E-state index in [9.17, 15) is 31.2 Å². The number of sulfonamides is 1. The number of carbonyl (C=O) groups excluding carboxylic acids is 2. The van der Waals surface area contributed by atoms with Crippen LogP contribution in [0.2, 0.25) is 15.1 Å². The molecule has 0 heterocycles. The molecule has 1 unspecified atom stereocenters. The van der Waals surface area contributed by atoms with E-state index in [-0.39, 0.29) is 27.5 Å². The van der Waals surface area contributed by atoms with Crippen molar-refractivity contribution in [2.75, 3.05) is 10.8 Å². The fourth-order valence-electron chi connectivity index (χ4n) is 3.96. The molecule has 1 atom stereocenters. The van der Waals surface area contributed by atoms with Gasteiger partial charge in [0.15, 0.2) is 0 Å². The minimum atomic E-state index is -4.90. The predicted molar refractivity (Wildman–Crippen MR) is 157 cm³/mol. The van der Waals surface area contributed by atoms with E-state index < -0.39 is 56.9 Å². The van der Waals surface area contributed by atoms with E-state index in [1.54, 1.807) is 26.0 Å². The number of amides is 2. The lowest BCUT2D eigenvalue weighted by Crippen LogP contribution is -2.52. The number of alkyl halides is 3. The Morgan fingerprint density at radius 2 is 1.50 bits per heavy atom. The van der Waals surface area contributed by atoms with Crippen LogP contribution in [0.4, 0.5) is 18.9 Å². The Labute approximate surface area is 257 Å². The van der Waals surface area contributed by atoms with Gasteiger partial charge in [-0.25, -0.2) is 8.42 Å². The van der Waals surface area contributed by atoms with Crippen molar-refractivity contribution >= 4 is 62.3 Å². The Bertz CT molecular complexity index is 1550. The smallest absolute Gasteiger partial charge is 0.352 e. The Balaban J connectivity index is 2.12. The monoisotopic (exact) mass is 663 g/mol. The number of carbonyl (C=O) groups is 2. The number of rotatable bonds is 10. The van der Waals surface area contributed by atoms with Crippen molar-refractivity contribution in [1.29, 1.82) is 0 Å². The third kappa shape index (κ3) is 8.09. The number of nitrogens with zero attached hydrogens (tertiary/aromatic N) is 2. The van der Waals surface area contributed by atoms with Gasteiger partial charge in [-0.3, -0.25) is 13.9 Å². The van der Waals surface area contributed by atoms with Gasteiger partial charge >= 0.3 is 6.18 Å². The second-order valence-corrected chi connectivity index (χ2v) is 12.7. The molecule has 226 valence electrons. The Hall–Kier alpha value is -2.99. The van der Waals surface area contributed by atoms with Gasteiger partial charge < -0.3 is 10.2 Å². The summed E-state index contributed by atoms with van der Waals surface area (Å²) in [7, 11) is -4.57. The van der Waals surface area contributed by atoms with E-state index >= 15 is 0 Å². The number of anilines is 1. The second kappa shape index (κ2) is 13.5. The number of benzene rings is 3. The van der Waals surface area contributed by atoms with Gasteiger partial charge in [0.2, 0.25) is 11.8 Å². The summed E-state index contributed by atoms with van der Waals surface area (Å²) in [6.07, 6.45) is -4.90. The molecule has 42 heavy (non-hydrogen) atoms. The summed E-state index contributed by atoms with van der Waals surface area (Å²) >= 11 is 17.9. The van der Waals surface area contributed by atoms with Gasteiger partial charge in [0.1, 0.15) is 12.6 Å². The molecule has 0 aliphatic rings. The van der Waals surface area contributed by atoms with E-state index in [1.165, 1.54) is 43.3 Å². The molecule has 0 spiro atoms. The molecular weight excluding hydrogens is 638 g/mol. The highest BCUT2D eigenvalue weighted by molar-refractivity contribution is 7.92. The van der Waals surface area contributed by atoms with Gasteiger partial charge in [0, 0.05) is 12.6 Å². The van der Waals surface area contributed by atoms with Crippen molar-refractivity contribution in [3.63, 3.8) is 0 Å². The highest BCUT2D eigenvalue weighted by atomic mass is 35.5. The molecule has 0 saturated heterocycles. The maximum Gasteiger partial charge on any atom is 0.417 e. The third-order valence-corrected chi connectivity index (χ3v) is 8.95. The summed E-state index contributed by atoms with van der Waals surface area (Å²) < 4.78 is 69.2. The van der Waals surface area contributed by atoms with Gasteiger partial charge in [0.05, 0.1) is 31.2 Å². The maximum atomic E-state index is 13.9. The molecule has 0 radical (unpaired) electrons. The van der Waals surface area contributed by atoms with E-state index in [0.29, 0.717) is 15.9 Å². The lowest BCUT2D eigenvalue weighted by atomic mass is 10.1. The molecule has 14 heteroatoms. The lowest BCUT2D eigenvalue weighted by Gasteiger charge is -2.32. The fraction of sp³-hybridized carbons (Fsp3) is 0.286. The number of halogens is 6. The molecule has 0 bridgehead atoms. The predicted octanol–water partition coefficient (Wildman–Crippen LogP) is 6.80. The van der Waals surface area contributed by atoms with Crippen molar-refractivity contribution in [2.45, 2.75) is 50.5 Å². The molecule has 0 aliphatic heterocycles. The largest absolute Gasteiger partial charge is 0.417 e. The van der Waals surface area contributed by atoms with E-state index in [2.05, 4.69) is 5.32 Å². The van der Waals surface area contributed by atoms with Gasteiger partial charge in [0.25, 0.3) is 10.0 Å². The summed E-state index contributed by atoms with van der Waals surface area (Å²) in [5.41, 5.74) is -1.25. The Morgan fingerprint density at radius 3 is 2.07 bits per heavy atom. The first-order valence-corrected chi connectivity index (χ1v) is 15.1. The van der Waals surface area contributed by atoms with Gasteiger partial charge in [-0.15, -0.1) is 0 Å². The quantitative estimate of drug-likeness (QED) is 0.258. The van der Waals surface area contributed by atoms with Crippen molar-refractivity contribution in [2.24, 2.45) is 0 Å². The zero-order valence-corrected chi connectivity index (χ0v) is 25.7. The lowest BCUT2D eigenvalue weighted by molar-refractivity contribution is -0.139. The van der Waals surface area contributed by atoms with Gasteiger partial charge in [-0.1, -0.05) is 59.1 Å². The van der Waals surface area contributed by atoms with Crippen LogP contribution in [0, 0.1) is 0 Å². The SMILES string of the molecule is CC(C)NC(=O)C(C)N(Cc1ccc(Cl)c(Cl)c1)C(=O)CN(c1ccc(Cl)c(C(F)(F)F)c1)S(=O)(=O)c1ccccc1. The molecule has 3 aromatic rings. The zero-order valence-electron chi connectivity index (χ0n) is 22.6. The first-order chi connectivity index (χ1) is 19.5. The van der Waals surface area contributed by atoms with Crippen LogP contribution in [0.5, 0.6) is 0 Å². The van der Waals surface area contributed by atoms with Crippen LogP contribution in [0.3, 0.4) is 0 Å². The minimum absolute atomic E-state index is 0.184. The van der Waals surface area contributed by atoms with E-state index in [4.69, 9.17) is 34.8 Å². The molecule has 0 fully saturated rings. The average Bonchev–Trinajstić information content (AvgIpc) is 2.91. The highest BCUT2D eigenvalue weighted by Crippen LogP contribution is 2.38. The van der Waals surface area contributed by atoms with Gasteiger partial charge in [-0.05, 0) is 68.8 Å². The third-order valence-electron chi connectivity index (χ3n) is 6.09. The highest BCUT2D eigenvalue weighted by Gasteiger charge is 2.37. The molecule has 7 nitrogen and oxygen atoms in total. The van der Waals surface area contributed by atoms with Crippen molar-refractivity contribution in [3.05, 3.63) is 92.9 Å². The van der Waals surface area contributed by atoms with Crippen LogP contribution < -0.4 is 9.62 Å². The Kier molecular flexibility index (Phi) is 10.8. The first kappa shape index (κ1) is 33.5. The van der Waals surface area contributed by atoms with Crippen LogP contribution in [0.25, 0.3) is 0 Å². The maximum absolute atomic E-state index is 13.9. The van der Waals surface area contributed by atoms with Crippen LogP contribution in [0.15, 0.2) is 71.6 Å². The van der Waals surface area contributed by atoms with Crippen molar-refractivity contribution in [1.82, 2.24) is 10.2 Å². The van der Waals surface area contributed by atoms with Crippen LogP contribution in [0.1, 0.15) is 31.9 Å². The molecule has 1 N–H and O–H groups in total. The molecule has 3 aromatic carbocycles. The van der Waals surface area contributed by atoms with Crippen LogP contribution in [-0.4, -0.2) is 43.8 Å². The summed E-state index contributed by atoms with van der Waals surface area (Å²) in [5.74, 6) is -1.39. The van der Waals surface area contributed by atoms with Crippen molar-refractivity contribution in [3.8, 4) is 0 Å². The first-order valence-electron chi connectivity index (χ1n) is 12.5. The standard InChI is InChI=1S/C28H27Cl3F3N3O4S/c1-17(2)35-27(39)18(3)36(15-19-9-11-24(30)25(31)13-19)26(38)16-37(42(40,41)21-7-5-4-6-8-21)20-10-12-23(29)22(14-20)28(32,33)34/h4-14,17-18H,15-16H2,1-3H3,(H,35,39). The van der Waals surface area contributed by atoms with Crippen molar-refractivity contribution < 1.29 is 31.2 Å². The zero-order chi connectivity index (χ0) is 31.4. The molecular formula is C28H27Cl3F3N3O4S. The molecule has 0 aromatic heterocycles. The summed E-state index contributed by atoms with van der Waals surface area (Å²) in [6.45, 7) is 3.78.